The topological polar surface area (TPSA) is 67.9 Å². The normalized spacial score (nSPS) is 14.2. The minimum atomic E-state index is -0.146. The Morgan fingerprint density at radius 1 is 1.17 bits per heavy atom. The van der Waals surface area contributed by atoms with Crippen molar-refractivity contribution >= 4 is 28.8 Å². The Bertz CT molecular complexity index is 679. The van der Waals surface area contributed by atoms with Crippen LogP contribution in [-0.4, -0.2) is 49.6 Å². The number of anilines is 1. The van der Waals surface area contributed by atoms with Crippen LogP contribution in [0, 0.1) is 0 Å². The molecule has 1 saturated heterocycles. The molecule has 0 saturated carbocycles. The molecular weight excluding hydrogens is 328 g/mol. The molecule has 0 atom stereocenters. The molecule has 24 heavy (non-hydrogen) atoms. The molecule has 1 aliphatic rings. The van der Waals surface area contributed by atoms with Crippen molar-refractivity contribution < 1.29 is 19.1 Å². The molecular formula is C17H18N2O4S. The summed E-state index contributed by atoms with van der Waals surface area (Å²) in [6.07, 6.45) is 0. The molecule has 2 amide bonds. The van der Waals surface area contributed by atoms with Crippen molar-refractivity contribution in [1.29, 1.82) is 0 Å². The summed E-state index contributed by atoms with van der Waals surface area (Å²) in [6, 6.07) is 8.73. The smallest absolute Gasteiger partial charge is 0.260 e. The average Bonchev–Trinajstić information content (AvgIpc) is 3.16. The van der Waals surface area contributed by atoms with Gasteiger partial charge in [-0.1, -0.05) is 0 Å². The zero-order valence-electron chi connectivity index (χ0n) is 13.1. The highest BCUT2D eigenvalue weighted by Gasteiger charge is 2.17. The molecule has 2 heterocycles. The number of hydrogen-bond acceptors (Lipinski definition) is 5. The zero-order chi connectivity index (χ0) is 16.8. The Morgan fingerprint density at radius 2 is 1.92 bits per heavy atom. The lowest BCUT2D eigenvalue weighted by Gasteiger charge is -2.26. The van der Waals surface area contributed by atoms with Crippen LogP contribution in [0.2, 0.25) is 0 Å². The Hall–Kier alpha value is -2.38. The predicted octanol–water partition coefficient (Wildman–Crippen LogP) is 2.24. The number of hydrogen-bond donors (Lipinski definition) is 1. The summed E-state index contributed by atoms with van der Waals surface area (Å²) < 4.78 is 10.7. The standard InChI is InChI=1S/C17H18N2O4S/c20-16(19-6-8-22-9-7-19)11-23-15-3-1-14(2-4-15)18-17(21)13-5-10-24-12-13/h1-5,10,12H,6-9,11H2,(H,18,21). The van der Waals surface area contributed by atoms with E-state index < -0.39 is 0 Å². The van der Waals surface area contributed by atoms with Crippen molar-refractivity contribution in [3.8, 4) is 5.75 Å². The third-order valence-corrected chi connectivity index (χ3v) is 4.30. The van der Waals surface area contributed by atoms with Crippen LogP contribution in [0.5, 0.6) is 5.75 Å². The van der Waals surface area contributed by atoms with E-state index in [0.29, 0.717) is 43.3 Å². The number of amides is 2. The van der Waals surface area contributed by atoms with Crippen molar-refractivity contribution in [3.63, 3.8) is 0 Å². The van der Waals surface area contributed by atoms with Gasteiger partial charge in [0, 0.05) is 24.2 Å². The van der Waals surface area contributed by atoms with Gasteiger partial charge in [0.1, 0.15) is 5.75 Å². The first kappa shape index (κ1) is 16.5. The molecule has 3 rings (SSSR count). The largest absolute Gasteiger partial charge is 0.484 e. The van der Waals surface area contributed by atoms with E-state index in [4.69, 9.17) is 9.47 Å². The molecule has 1 fully saturated rings. The van der Waals surface area contributed by atoms with E-state index in [1.54, 1.807) is 40.6 Å². The monoisotopic (exact) mass is 346 g/mol. The van der Waals surface area contributed by atoms with Crippen molar-refractivity contribution in [2.75, 3.05) is 38.2 Å². The van der Waals surface area contributed by atoms with Gasteiger partial charge in [0.2, 0.25) is 0 Å². The SMILES string of the molecule is O=C(Nc1ccc(OCC(=O)N2CCOCC2)cc1)c1ccsc1. The van der Waals surface area contributed by atoms with E-state index in [1.807, 2.05) is 5.38 Å². The summed E-state index contributed by atoms with van der Waals surface area (Å²) in [5, 5.41) is 6.47. The summed E-state index contributed by atoms with van der Waals surface area (Å²) in [5.41, 5.74) is 1.31. The maximum Gasteiger partial charge on any atom is 0.260 e. The lowest BCUT2D eigenvalue weighted by Crippen LogP contribution is -2.42. The maximum atomic E-state index is 12.0. The number of rotatable bonds is 5. The van der Waals surface area contributed by atoms with Gasteiger partial charge in [-0.15, -0.1) is 0 Å². The van der Waals surface area contributed by atoms with Crippen molar-refractivity contribution in [2.24, 2.45) is 0 Å². The fraction of sp³-hybridized carbons (Fsp3) is 0.294. The maximum absolute atomic E-state index is 12.0. The summed E-state index contributed by atoms with van der Waals surface area (Å²) in [6.45, 7) is 2.36. The van der Waals surface area contributed by atoms with E-state index >= 15 is 0 Å². The van der Waals surface area contributed by atoms with Crippen LogP contribution in [0.1, 0.15) is 10.4 Å². The number of carbonyl (C=O) groups is 2. The second-order valence-corrected chi connectivity index (χ2v) is 6.05. The highest BCUT2D eigenvalue weighted by molar-refractivity contribution is 7.08. The number of ether oxygens (including phenoxy) is 2. The van der Waals surface area contributed by atoms with Gasteiger partial charge < -0.3 is 19.7 Å². The Balaban J connectivity index is 1.49. The molecule has 0 bridgehead atoms. The fourth-order valence-electron chi connectivity index (χ4n) is 2.28. The molecule has 6 nitrogen and oxygen atoms in total. The molecule has 0 spiro atoms. The minimum Gasteiger partial charge on any atom is -0.484 e. The molecule has 0 aliphatic carbocycles. The minimum absolute atomic E-state index is 0.000605. The van der Waals surface area contributed by atoms with Crippen molar-refractivity contribution in [1.82, 2.24) is 4.90 Å². The molecule has 0 radical (unpaired) electrons. The van der Waals surface area contributed by atoms with E-state index in [2.05, 4.69) is 5.32 Å². The van der Waals surface area contributed by atoms with Crippen LogP contribution in [0.4, 0.5) is 5.69 Å². The number of benzene rings is 1. The van der Waals surface area contributed by atoms with Gasteiger partial charge in [-0.2, -0.15) is 11.3 Å². The first-order valence-corrected chi connectivity index (χ1v) is 8.58. The highest BCUT2D eigenvalue weighted by atomic mass is 32.1. The zero-order valence-corrected chi connectivity index (χ0v) is 13.9. The van der Waals surface area contributed by atoms with Crippen molar-refractivity contribution in [2.45, 2.75) is 0 Å². The fourth-order valence-corrected chi connectivity index (χ4v) is 2.92. The van der Waals surface area contributed by atoms with Crippen LogP contribution in [0.25, 0.3) is 0 Å². The second kappa shape index (κ2) is 7.94. The highest BCUT2D eigenvalue weighted by Crippen LogP contribution is 2.17. The van der Waals surface area contributed by atoms with Gasteiger partial charge in [0.15, 0.2) is 6.61 Å². The lowest BCUT2D eigenvalue weighted by molar-refractivity contribution is -0.137. The molecule has 0 unspecified atom stereocenters. The molecule has 126 valence electrons. The van der Waals surface area contributed by atoms with Crippen LogP contribution in [0.3, 0.4) is 0 Å². The molecule has 7 heteroatoms. The number of thiophene rings is 1. The lowest BCUT2D eigenvalue weighted by atomic mass is 10.2. The van der Waals surface area contributed by atoms with E-state index in [0.717, 1.165) is 0 Å². The Kier molecular flexibility index (Phi) is 5.45. The summed E-state index contributed by atoms with van der Waals surface area (Å²) >= 11 is 1.48. The van der Waals surface area contributed by atoms with E-state index in [9.17, 15) is 9.59 Å². The average molecular weight is 346 g/mol. The summed E-state index contributed by atoms with van der Waals surface area (Å²) in [7, 11) is 0. The molecule has 1 aromatic carbocycles. The van der Waals surface area contributed by atoms with Gasteiger partial charge in [-0.25, -0.2) is 0 Å². The molecule has 1 N–H and O–H groups in total. The second-order valence-electron chi connectivity index (χ2n) is 5.27. The third-order valence-electron chi connectivity index (χ3n) is 3.62. The first-order chi connectivity index (χ1) is 11.7. The Labute approximate surface area is 144 Å². The number of nitrogens with one attached hydrogen (secondary N) is 1. The molecule has 1 aromatic heterocycles. The van der Waals surface area contributed by atoms with Gasteiger partial charge in [-0.05, 0) is 35.7 Å². The van der Waals surface area contributed by atoms with Crippen LogP contribution < -0.4 is 10.1 Å². The first-order valence-electron chi connectivity index (χ1n) is 7.64. The van der Waals surface area contributed by atoms with E-state index in [-0.39, 0.29) is 18.4 Å². The van der Waals surface area contributed by atoms with Crippen LogP contribution >= 0.6 is 11.3 Å². The third kappa shape index (κ3) is 4.33. The summed E-state index contributed by atoms with van der Waals surface area (Å²) in [4.78, 5) is 25.7. The number of morpholine rings is 1. The Morgan fingerprint density at radius 3 is 2.58 bits per heavy atom. The molecule has 1 aliphatic heterocycles. The molecule has 2 aromatic rings. The van der Waals surface area contributed by atoms with Crippen LogP contribution in [0.15, 0.2) is 41.1 Å². The number of nitrogens with zero attached hydrogens (tertiary/aromatic N) is 1. The number of carbonyl (C=O) groups excluding carboxylic acids is 2. The quantitative estimate of drug-likeness (QED) is 0.902. The van der Waals surface area contributed by atoms with Gasteiger partial charge in [0.05, 0.1) is 18.8 Å². The van der Waals surface area contributed by atoms with Gasteiger partial charge in [0.25, 0.3) is 11.8 Å². The van der Waals surface area contributed by atoms with Crippen molar-refractivity contribution in [3.05, 3.63) is 46.7 Å². The summed E-state index contributed by atoms with van der Waals surface area (Å²) in [5.74, 6) is 0.394. The van der Waals surface area contributed by atoms with Crippen LogP contribution in [-0.2, 0) is 9.53 Å². The predicted molar refractivity (Wildman–Crippen MR) is 91.6 cm³/mol. The van der Waals surface area contributed by atoms with Gasteiger partial charge in [-0.3, -0.25) is 9.59 Å². The van der Waals surface area contributed by atoms with E-state index in [1.165, 1.54) is 11.3 Å². The van der Waals surface area contributed by atoms with Gasteiger partial charge >= 0.3 is 0 Å².